The minimum absolute atomic E-state index is 0.0917. The van der Waals surface area contributed by atoms with Gasteiger partial charge < -0.3 is 9.84 Å². The minimum Gasteiger partial charge on any atom is -0.465 e. The number of carbonyl (C=O) groups is 1. The Morgan fingerprint density at radius 1 is 0.731 bits per heavy atom. The first-order chi connectivity index (χ1) is 12.6. The second kappa shape index (κ2) is 17.8. The molecule has 0 saturated carbocycles. The van der Waals surface area contributed by atoms with Gasteiger partial charge in [0.05, 0.1) is 13.2 Å². The van der Waals surface area contributed by atoms with Crippen molar-refractivity contribution in [2.45, 2.75) is 124 Å². The number of ether oxygens (including phenoxy) is 1. The van der Waals surface area contributed by atoms with Crippen LogP contribution in [-0.2, 0) is 9.53 Å². The highest BCUT2D eigenvalue weighted by Gasteiger charge is 2.29. The van der Waals surface area contributed by atoms with E-state index in [9.17, 15) is 9.90 Å². The first-order valence-electron chi connectivity index (χ1n) is 11.4. The predicted molar refractivity (Wildman–Crippen MR) is 111 cm³/mol. The Morgan fingerprint density at radius 3 is 1.62 bits per heavy atom. The van der Waals surface area contributed by atoms with Gasteiger partial charge in [-0.05, 0) is 19.3 Å². The first kappa shape index (κ1) is 25.4. The number of aliphatic hydroxyl groups excluding tert-OH is 1. The van der Waals surface area contributed by atoms with Gasteiger partial charge in [-0.1, -0.05) is 97.8 Å². The Balaban J connectivity index is 3.64. The van der Waals surface area contributed by atoms with Crippen molar-refractivity contribution in [1.29, 1.82) is 0 Å². The maximum atomic E-state index is 12.0. The Hall–Kier alpha value is -0.570. The zero-order chi connectivity index (χ0) is 19.5. The fourth-order valence-electron chi connectivity index (χ4n) is 3.77. The molecule has 0 aliphatic rings. The Labute approximate surface area is 163 Å². The molecule has 0 aromatic heterocycles. The van der Waals surface area contributed by atoms with Crippen molar-refractivity contribution in [3.8, 4) is 0 Å². The van der Waals surface area contributed by atoms with Crippen molar-refractivity contribution >= 4 is 5.97 Å². The molecule has 0 atom stereocenters. The summed E-state index contributed by atoms with van der Waals surface area (Å²) in [6.45, 7) is 6.98. The van der Waals surface area contributed by atoms with Crippen LogP contribution in [0.15, 0.2) is 0 Å². The van der Waals surface area contributed by atoms with Crippen LogP contribution in [-0.4, -0.2) is 24.3 Å². The van der Waals surface area contributed by atoms with Crippen LogP contribution in [0.25, 0.3) is 0 Å². The highest BCUT2D eigenvalue weighted by Crippen LogP contribution is 2.30. The number of aliphatic hydroxyl groups is 1. The van der Waals surface area contributed by atoms with Crippen LogP contribution in [0.4, 0.5) is 0 Å². The second-order valence-corrected chi connectivity index (χ2v) is 8.10. The molecular formula is C23H46O3. The summed E-state index contributed by atoms with van der Waals surface area (Å²) in [7, 11) is 0. The van der Waals surface area contributed by atoms with Crippen LogP contribution in [0.3, 0.4) is 0 Å². The van der Waals surface area contributed by atoms with E-state index in [4.69, 9.17) is 4.74 Å². The van der Waals surface area contributed by atoms with E-state index in [2.05, 4.69) is 20.8 Å². The average Bonchev–Trinajstić information content (AvgIpc) is 2.64. The third-order valence-electron chi connectivity index (χ3n) is 5.42. The van der Waals surface area contributed by atoms with Crippen LogP contribution in [0.5, 0.6) is 0 Å². The first-order valence-corrected chi connectivity index (χ1v) is 11.4. The minimum atomic E-state index is -0.226. The lowest BCUT2D eigenvalue weighted by Gasteiger charge is -2.30. The molecule has 0 unspecified atom stereocenters. The van der Waals surface area contributed by atoms with E-state index < -0.39 is 0 Å². The van der Waals surface area contributed by atoms with Gasteiger partial charge in [-0.15, -0.1) is 0 Å². The molecule has 0 rings (SSSR count). The summed E-state index contributed by atoms with van der Waals surface area (Å²) in [6, 6.07) is 0. The third kappa shape index (κ3) is 13.6. The normalized spacial score (nSPS) is 11.7. The molecule has 156 valence electrons. The molecule has 0 aliphatic carbocycles. The van der Waals surface area contributed by atoms with Gasteiger partial charge in [-0.3, -0.25) is 4.79 Å². The maximum Gasteiger partial charge on any atom is 0.305 e. The summed E-state index contributed by atoms with van der Waals surface area (Å²) in [5, 5.41) is 9.74. The van der Waals surface area contributed by atoms with Crippen molar-refractivity contribution in [2.75, 3.05) is 13.2 Å². The van der Waals surface area contributed by atoms with Gasteiger partial charge in [0.25, 0.3) is 0 Å². The molecular weight excluding hydrogens is 324 g/mol. The molecule has 0 spiro atoms. The van der Waals surface area contributed by atoms with Gasteiger partial charge in [-0.2, -0.15) is 0 Å². The Bertz CT molecular complexity index is 309. The number of carbonyl (C=O) groups excluding carboxylic acids is 1. The molecule has 0 amide bonds. The van der Waals surface area contributed by atoms with Crippen LogP contribution in [0.1, 0.15) is 124 Å². The van der Waals surface area contributed by atoms with Crippen molar-refractivity contribution in [1.82, 2.24) is 0 Å². The molecule has 0 fully saturated rings. The largest absolute Gasteiger partial charge is 0.465 e. The molecule has 0 aliphatic heterocycles. The lowest BCUT2D eigenvalue weighted by Crippen LogP contribution is -2.32. The van der Waals surface area contributed by atoms with Crippen LogP contribution in [0, 0.1) is 5.41 Å². The average molecular weight is 371 g/mol. The van der Waals surface area contributed by atoms with Gasteiger partial charge in [0.2, 0.25) is 0 Å². The summed E-state index contributed by atoms with van der Waals surface area (Å²) in [5.74, 6) is -0.0917. The van der Waals surface area contributed by atoms with E-state index in [0.29, 0.717) is 13.0 Å². The molecule has 3 heteroatoms. The van der Waals surface area contributed by atoms with Gasteiger partial charge in [-0.25, -0.2) is 0 Å². The van der Waals surface area contributed by atoms with Gasteiger partial charge >= 0.3 is 5.97 Å². The molecule has 0 aromatic rings. The number of hydrogen-bond acceptors (Lipinski definition) is 3. The zero-order valence-corrected chi connectivity index (χ0v) is 18.0. The summed E-state index contributed by atoms with van der Waals surface area (Å²) in [4.78, 5) is 12.0. The van der Waals surface area contributed by atoms with Crippen LogP contribution >= 0.6 is 0 Å². The van der Waals surface area contributed by atoms with Crippen LogP contribution in [0.2, 0.25) is 0 Å². The summed E-state index contributed by atoms with van der Waals surface area (Å²) in [5.41, 5.74) is -0.226. The SMILES string of the molecule is CCCCCCCCCCCCCC(=O)OCC(CO)(CCC)CCC. The summed E-state index contributed by atoms with van der Waals surface area (Å²) < 4.78 is 5.50. The number of hydrogen-bond donors (Lipinski definition) is 1. The smallest absolute Gasteiger partial charge is 0.305 e. The molecule has 3 nitrogen and oxygen atoms in total. The predicted octanol–water partition coefficient (Wildman–Crippen LogP) is 6.81. The Morgan fingerprint density at radius 2 is 1.19 bits per heavy atom. The van der Waals surface area contributed by atoms with Gasteiger partial charge in [0, 0.05) is 11.8 Å². The third-order valence-corrected chi connectivity index (χ3v) is 5.42. The van der Waals surface area contributed by atoms with E-state index in [-0.39, 0.29) is 18.0 Å². The molecule has 26 heavy (non-hydrogen) atoms. The lowest BCUT2D eigenvalue weighted by molar-refractivity contribution is -0.149. The van der Waals surface area contributed by atoms with Crippen molar-refractivity contribution < 1.29 is 14.6 Å². The van der Waals surface area contributed by atoms with E-state index in [1.807, 2.05) is 0 Å². The number of rotatable bonds is 19. The monoisotopic (exact) mass is 370 g/mol. The highest BCUT2D eigenvalue weighted by molar-refractivity contribution is 5.69. The maximum absolute atomic E-state index is 12.0. The lowest BCUT2D eigenvalue weighted by atomic mass is 9.81. The van der Waals surface area contributed by atoms with Gasteiger partial charge in [0.1, 0.15) is 0 Å². The molecule has 0 heterocycles. The summed E-state index contributed by atoms with van der Waals surface area (Å²) >= 11 is 0. The number of esters is 1. The van der Waals surface area contributed by atoms with Crippen molar-refractivity contribution in [2.24, 2.45) is 5.41 Å². The fraction of sp³-hybridized carbons (Fsp3) is 0.957. The van der Waals surface area contributed by atoms with Gasteiger partial charge in [0.15, 0.2) is 0 Å². The second-order valence-electron chi connectivity index (χ2n) is 8.10. The van der Waals surface area contributed by atoms with E-state index in [1.54, 1.807) is 0 Å². The van der Waals surface area contributed by atoms with E-state index >= 15 is 0 Å². The number of unbranched alkanes of at least 4 members (excludes halogenated alkanes) is 10. The molecule has 0 bridgehead atoms. The van der Waals surface area contributed by atoms with E-state index in [1.165, 1.54) is 57.8 Å². The Kier molecular flexibility index (Phi) is 17.4. The molecule has 0 radical (unpaired) electrons. The van der Waals surface area contributed by atoms with Crippen LogP contribution < -0.4 is 0 Å². The fourth-order valence-corrected chi connectivity index (χ4v) is 3.77. The standard InChI is InChI=1S/C23H46O3/c1-4-7-8-9-10-11-12-13-14-15-16-17-22(25)26-21-23(20-24,18-5-2)19-6-3/h24H,4-21H2,1-3H3. The topological polar surface area (TPSA) is 46.5 Å². The van der Waals surface area contributed by atoms with Crippen molar-refractivity contribution in [3.63, 3.8) is 0 Å². The molecule has 1 N–H and O–H groups in total. The quantitative estimate of drug-likeness (QED) is 0.201. The highest BCUT2D eigenvalue weighted by atomic mass is 16.5. The molecule has 0 saturated heterocycles. The summed E-state index contributed by atoms with van der Waals surface area (Å²) in [6.07, 6.45) is 18.5. The van der Waals surface area contributed by atoms with E-state index in [0.717, 1.165) is 38.5 Å². The molecule has 0 aromatic carbocycles. The zero-order valence-electron chi connectivity index (χ0n) is 18.0. The van der Waals surface area contributed by atoms with Crippen molar-refractivity contribution in [3.05, 3.63) is 0 Å².